The van der Waals surface area contributed by atoms with Gasteiger partial charge in [0.1, 0.15) is 0 Å². The van der Waals surface area contributed by atoms with E-state index in [4.69, 9.17) is 0 Å². The van der Waals surface area contributed by atoms with Gasteiger partial charge in [0.2, 0.25) is 0 Å². The van der Waals surface area contributed by atoms with Gasteiger partial charge in [-0.1, -0.05) is 141 Å². The smallest absolute Gasteiger partial charge is 0.0635 e. The normalized spacial score (nSPS) is 23.1. The third-order valence-electron chi connectivity index (χ3n) is 12.8. The minimum atomic E-state index is 0. The minimum Gasteiger partial charge on any atom is -1.00 e. The molecule has 3 aromatic rings. The fraction of sp³-hybridized carbons (Fsp3) is 0.512. The van der Waals surface area contributed by atoms with Crippen LogP contribution in [0.25, 0.3) is 0 Å². The Bertz CT molecular complexity index is 1510. The molecule has 0 radical (unpaired) electrons. The number of halogens is 2. The average molecular weight is 737 g/mol. The molecule has 6 rings (SSSR count). The predicted octanol–water partition coefficient (Wildman–Crippen LogP) is 5.90. The van der Waals surface area contributed by atoms with E-state index in [1.165, 1.54) is 63.4 Å². The predicted molar refractivity (Wildman–Crippen MR) is 189 cm³/mol. The van der Waals surface area contributed by atoms with Gasteiger partial charge in [0, 0.05) is 0 Å². The molecule has 46 heavy (non-hydrogen) atoms. The first-order valence-electron chi connectivity index (χ1n) is 16.8. The van der Waals surface area contributed by atoms with Crippen molar-refractivity contribution in [2.24, 2.45) is 21.7 Å². The van der Waals surface area contributed by atoms with E-state index in [1.807, 2.05) is 6.07 Å². The summed E-state index contributed by atoms with van der Waals surface area (Å²) in [5.41, 5.74) is 12.2. The Morgan fingerprint density at radius 3 is 1.91 bits per heavy atom. The van der Waals surface area contributed by atoms with Gasteiger partial charge in [-0.05, 0) is 22.7 Å². The van der Waals surface area contributed by atoms with Crippen LogP contribution in [-0.2, 0) is 36.1 Å². The van der Waals surface area contributed by atoms with Gasteiger partial charge < -0.3 is 24.8 Å². The van der Waals surface area contributed by atoms with E-state index in [-0.39, 0.29) is 46.5 Å². The molecule has 3 aliphatic carbocycles. The molecule has 0 nitrogen and oxygen atoms in total. The number of hydrogen-bond acceptors (Lipinski definition) is 0. The van der Waals surface area contributed by atoms with Crippen LogP contribution in [0.3, 0.4) is 0 Å². The Balaban J connectivity index is 0.000000291. The summed E-state index contributed by atoms with van der Waals surface area (Å²) in [6, 6.07) is 26.3. The van der Waals surface area contributed by atoms with Crippen LogP contribution < -0.4 is 24.8 Å². The fourth-order valence-corrected chi connectivity index (χ4v) is 8.71. The number of benzene rings is 2. The van der Waals surface area contributed by atoms with Gasteiger partial charge >= 0.3 is 70.3 Å². The van der Waals surface area contributed by atoms with Gasteiger partial charge in [0.15, 0.2) is 0 Å². The minimum absolute atomic E-state index is 0. The van der Waals surface area contributed by atoms with E-state index in [0.29, 0.717) is 11.3 Å². The Hall–Kier alpha value is -1.27. The number of allylic oxidation sites excluding steroid dienone is 2. The molecule has 3 heteroatoms. The first-order chi connectivity index (χ1) is 20.3. The molecule has 3 aliphatic rings. The van der Waals surface area contributed by atoms with Crippen LogP contribution in [-0.4, -0.2) is 3.21 Å². The summed E-state index contributed by atoms with van der Waals surface area (Å²) in [5, 5.41) is 0. The second kappa shape index (κ2) is 14.7. The molecule has 1 fully saturated rings. The maximum atomic E-state index is 2.58. The molecule has 0 aromatic heterocycles. The molecule has 250 valence electrons. The zero-order chi connectivity index (χ0) is 32.9. The maximum Gasteiger partial charge on any atom is -0.0635 e. The summed E-state index contributed by atoms with van der Waals surface area (Å²) >= 11 is 1.51. The van der Waals surface area contributed by atoms with Crippen molar-refractivity contribution < 1.29 is 49.0 Å². The van der Waals surface area contributed by atoms with Gasteiger partial charge in [-0.25, -0.2) is 23.1 Å². The average Bonchev–Trinajstić information content (AvgIpc) is 3.56. The van der Waals surface area contributed by atoms with Crippen molar-refractivity contribution in [3.63, 3.8) is 0 Å². The topological polar surface area (TPSA) is 0 Å². The zero-order valence-electron chi connectivity index (χ0n) is 30.9. The quantitative estimate of drug-likeness (QED) is 0.273. The van der Waals surface area contributed by atoms with E-state index in [9.17, 15) is 0 Å². The summed E-state index contributed by atoms with van der Waals surface area (Å²) in [5.74, 6) is 2.33. The van der Waals surface area contributed by atoms with Gasteiger partial charge in [-0.3, -0.25) is 0 Å². The molecule has 0 amide bonds. The molecule has 0 bridgehead atoms. The van der Waals surface area contributed by atoms with Crippen LogP contribution in [0.1, 0.15) is 130 Å². The van der Waals surface area contributed by atoms with Crippen LogP contribution in [0.5, 0.6) is 0 Å². The second-order valence-corrected chi connectivity index (χ2v) is 18.5. The Morgan fingerprint density at radius 2 is 1.43 bits per heavy atom. The molecule has 1 saturated carbocycles. The zero-order valence-corrected chi connectivity index (χ0v) is 34.9. The number of fused-ring (bicyclic) bond motifs is 4. The van der Waals surface area contributed by atoms with E-state index < -0.39 is 0 Å². The first-order valence-corrected chi connectivity index (χ1v) is 18.0. The van der Waals surface area contributed by atoms with Gasteiger partial charge in [-0.15, -0.1) is 6.92 Å². The Labute approximate surface area is 310 Å². The molecule has 0 N–H and O–H groups in total. The van der Waals surface area contributed by atoms with Gasteiger partial charge in [0.05, 0.1) is 0 Å². The van der Waals surface area contributed by atoms with E-state index >= 15 is 0 Å². The van der Waals surface area contributed by atoms with Gasteiger partial charge in [0.25, 0.3) is 0 Å². The van der Waals surface area contributed by atoms with Crippen molar-refractivity contribution in [3.05, 3.63) is 118 Å². The standard InChI is InChI=1S/C25H35.C10H15.C8H8.2ClH.Zr/c1-16-21-20-15-17-11-9-10-12-18(17)19(20)13-14-25(21,8)24(6,7)23(4,5)22(16,2)3;1-8-5-6-9(7-8)10(2,3)4;1-2-8-6-4-3-5-7-8;;;/h9-12,19H,13-15H2,1-8H3;5-7H,1-4H3;3-7H,1H3;2*1H;/q2*-1;;;;+2/p-2. The molecule has 0 aliphatic heterocycles. The first kappa shape index (κ1) is 40.9. The SMILES string of the molecule is C[C-]1C2=C3Cc4ccccc4C3CCC2(C)C(C)(C)C(C)(C)C1(C)C.C[C](=[Zr+2])c1ccccc1.Cc1cc(C(C)(C)C)c[cH-]1.[Cl-].[Cl-]. The monoisotopic (exact) mass is 734 g/mol. The molecular formula is C43H58Cl2Zr-2. The van der Waals surface area contributed by atoms with Crippen LogP contribution in [0.15, 0.2) is 83.9 Å². The molecule has 3 aromatic carbocycles. The molecular weight excluding hydrogens is 679 g/mol. The van der Waals surface area contributed by atoms with Crippen molar-refractivity contribution in [2.45, 2.75) is 121 Å². The number of aryl methyl sites for hydroxylation is 1. The van der Waals surface area contributed by atoms with Crippen molar-refractivity contribution in [2.75, 3.05) is 0 Å². The molecule has 0 heterocycles. The molecule has 2 atom stereocenters. The summed E-state index contributed by atoms with van der Waals surface area (Å²) in [7, 11) is 0. The number of rotatable bonds is 1. The summed E-state index contributed by atoms with van der Waals surface area (Å²) in [6.07, 6.45) is 3.81. The second-order valence-electron chi connectivity index (χ2n) is 16.6. The molecule has 2 unspecified atom stereocenters. The molecule has 0 saturated heterocycles. The van der Waals surface area contributed by atoms with Crippen LogP contribution >= 0.6 is 0 Å². The van der Waals surface area contributed by atoms with E-state index in [0.717, 1.165) is 0 Å². The molecule has 0 spiro atoms. The van der Waals surface area contributed by atoms with Crippen molar-refractivity contribution in [1.82, 2.24) is 0 Å². The Morgan fingerprint density at radius 1 is 0.870 bits per heavy atom. The third kappa shape index (κ3) is 7.19. The maximum absolute atomic E-state index is 2.58. The van der Waals surface area contributed by atoms with Crippen LogP contribution in [0.2, 0.25) is 0 Å². The largest absolute Gasteiger partial charge is 1.00 e. The van der Waals surface area contributed by atoms with E-state index in [2.05, 4.69) is 157 Å². The van der Waals surface area contributed by atoms with Gasteiger partial charge in [-0.2, -0.15) is 23.3 Å². The van der Waals surface area contributed by atoms with Crippen LogP contribution in [0.4, 0.5) is 0 Å². The van der Waals surface area contributed by atoms with E-state index in [1.54, 1.807) is 28.2 Å². The number of hydrogen-bond donors (Lipinski definition) is 0. The van der Waals surface area contributed by atoms with Crippen LogP contribution in [0, 0.1) is 34.5 Å². The summed E-state index contributed by atoms with van der Waals surface area (Å²) < 4.78 is 1.46. The Kier molecular flexibility index (Phi) is 13.1. The van der Waals surface area contributed by atoms with Crippen molar-refractivity contribution in [3.8, 4) is 0 Å². The summed E-state index contributed by atoms with van der Waals surface area (Å²) in [4.78, 5) is 0. The third-order valence-corrected chi connectivity index (χ3v) is 13.5. The fourth-order valence-electron chi connectivity index (χ4n) is 8.31. The van der Waals surface area contributed by atoms with Crippen molar-refractivity contribution >= 4 is 3.21 Å². The van der Waals surface area contributed by atoms with Crippen molar-refractivity contribution in [1.29, 1.82) is 0 Å². The summed E-state index contributed by atoms with van der Waals surface area (Å²) in [6.45, 7) is 31.1.